The number of esters is 1. The summed E-state index contributed by atoms with van der Waals surface area (Å²) in [5.41, 5.74) is 2.58. The Bertz CT molecular complexity index is 1190. The van der Waals surface area contributed by atoms with Crippen molar-refractivity contribution in [2.75, 3.05) is 26.3 Å². The van der Waals surface area contributed by atoms with Crippen molar-refractivity contribution in [3.8, 4) is 5.75 Å². The van der Waals surface area contributed by atoms with Crippen molar-refractivity contribution in [2.45, 2.75) is 31.0 Å². The molecular weight excluding hydrogens is 468 g/mol. The van der Waals surface area contributed by atoms with Gasteiger partial charge in [0.1, 0.15) is 19.0 Å². The van der Waals surface area contributed by atoms with Gasteiger partial charge in [0, 0.05) is 25.7 Å². The van der Waals surface area contributed by atoms with Crippen molar-refractivity contribution in [1.82, 2.24) is 9.29 Å². The normalized spacial score (nSPS) is 14.4. The van der Waals surface area contributed by atoms with Crippen molar-refractivity contribution >= 4 is 16.0 Å². The van der Waals surface area contributed by atoms with Gasteiger partial charge in [-0.2, -0.15) is 4.31 Å². The molecule has 0 amide bonds. The van der Waals surface area contributed by atoms with Crippen LogP contribution in [0.4, 0.5) is 0 Å². The summed E-state index contributed by atoms with van der Waals surface area (Å²) in [7, 11) is -3.52. The Morgan fingerprint density at radius 3 is 2.31 bits per heavy atom. The van der Waals surface area contributed by atoms with E-state index in [9.17, 15) is 13.2 Å². The molecule has 3 aromatic rings. The van der Waals surface area contributed by atoms with Crippen molar-refractivity contribution in [2.24, 2.45) is 0 Å². The number of rotatable bonds is 10. The van der Waals surface area contributed by atoms with Crippen molar-refractivity contribution < 1.29 is 27.4 Å². The number of hydrogen-bond acceptors (Lipinski definition) is 7. The van der Waals surface area contributed by atoms with Crippen LogP contribution in [0.1, 0.15) is 23.2 Å². The highest BCUT2D eigenvalue weighted by atomic mass is 32.2. The number of morpholine rings is 1. The predicted molar refractivity (Wildman–Crippen MR) is 129 cm³/mol. The molecular formula is C26H28N2O6S. The van der Waals surface area contributed by atoms with E-state index in [0.29, 0.717) is 45.1 Å². The van der Waals surface area contributed by atoms with Gasteiger partial charge in [0.05, 0.1) is 23.8 Å². The first kappa shape index (κ1) is 24.8. The summed E-state index contributed by atoms with van der Waals surface area (Å²) in [6.07, 6.45) is 2.40. The van der Waals surface area contributed by atoms with E-state index >= 15 is 0 Å². The molecule has 0 aliphatic carbocycles. The smallest absolute Gasteiger partial charge is 0.306 e. The van der Waals surface area contributed by atoms with Gasteiger partial charge < -0.3 is 14.2 Å². The lowest BCUT2D eigenvalue weighted by Gasteiger charge is -2.26. The van der Waals surface area contributed by atoms with Crippen LogP contribution < -0.4 is 4.74 Å². The highest BCUT2D eigenvalue weighted by Gasteiger charge is 2.26. The zero-order chi connectivity index (χ0) is 24.5. The summed E-state index contributed by atoms with van der Waals surface area (Å²) in [4.78, 5) is 16.6. The molecule has 1 saturated heterocycles. The molecule has 1 fully saturated rings. The van der Waals surface area contributed by atoms with Gasteiger partial charge in [-0.25, -0.2) is 8.42 Å². The van der Waals surface area contributed by atoms with E-state index in [1.165, 1.54) is 4.31 Å². The van der Waals surface area contributed by atoms with E-state index in [1.54, 1.807) is 30.5 Å². The van der Waals surface area contributed by atoms with Crippen LogP contribution in [0, 0.1) is 0 Å². The molecule has 8 nitrogen and oxygen atoms in total. The third kappa shape index (κ3) is 7.11. The average Bonchev–Trinajstić information content (AvgIpc) is 2.91. The van der Waals surface area contributed by atoms with E-state index in [4.69, 9.17) is 14.2 Å². The number of pyridine rings is 1. The van der Waals surface area contributed by atoms with Crippen LogP contribution in [0.15, 0.2) is 77.8 Å². The topological polar surface area (TPSA) is 95.0 Å². The molecule has 0 N–H and O–H groups in total. The van der Waals surface area contributed by atoms with Gasteiger partial charge >= 0.3 is 5.97 Å². The molecule has 0 spiro atoms. The SMILES string of the molecule is O=C(CCc1ccc(S(=O)(=O)N2CCOCC2)cc1)OCc1ccc(OCc2ccccn2)cc1. The molecule has 0 atom stereocenters. The third-order valence-electron chi connectivity index (χ3n) is 5.59. The van der Waals surface area contributed by atoms with E-state index < -0.39 is 10.0 Å². The Hall–Kier alpha value is -3.27. The Balaban J connectivity index is 1.20. The lowest BCUT2D eigenvalue weighted by atomic mass is 10.1. The second-order valence-corrected chi connectivity index (χ2v) is 10.0. The molecule has 1 aliphatic heterocycles. The van der Waals surface area contributed by atoms with Crippen LogP contribution in [0.25, 0.3) is 0 Å². The van der Waals surface area contributed by atoms with Gasteiger partial charge in [-0.05, 0) is 53.9 Å². The van der Waals surface area contributed by atoms with Gasteiger partial charge in [-0.15, -0.1) is 0 Å². The fraction of sp³-hybridized carbons (Fsp3) is 0.308. The van der Waals surface area contributed by atoms with Crippen molar-refractivity contribution in [3.63, 3.8) is 0 Å². The molecule has 9 heteroatoms. The molecule has 2 heterocycles. The first-order chi connectivity index (χ1) is 17.0. The zero-order valence-corrected chi connectivity index (χ0v) is 20.2. The summed E-state index contributed by atoms with van der Waals surface area (Å²) >= 11 is 0. The number of aryl methyl sites for hydroxylation is 1. The van der Waals surface area contributed by atoms with Crippen molar-refractivity contribution in [3.05, 3.63) is 89.7 Å². The van der Waals surface area contributed by atoms with Gasteiger partial charge in [-0.3, -0.25) is 9.78 Å². The highest BCUT2D eigenvalue weighted by Crippen LogP contribution is 2.19. The van der Waals surface area contributed by atoms with Crippen molar-refractivity contribution in [1.29, 1.82) is 0 Å². The van der Waals surface area contributed by atoms with E-state index in [-0.39, 0.29) is 23.9 Å². The lowest BCUT2D eigenvalue weighted by Crippen LogP contribution is -2.40. The number of carbonyl (C=O) groups is 1. The number of aromatic nitrogens is 1. The quantitative estimate of drug-likeness (QED) is 0.397. The Labute approximate surface area is 205 Å². The van der Waals surface area contributed by atoms with Gasteiger partial charge in [0.25, 0.3) is 0 Å². The average molecular weight is 497 g/mol. The molecule has 0 unspecified atom stereocenters. The fourth-order valence-corrected chi connectivity index (χ4v) is 4.98. The standard InChI is InChI=1S/C26H28N2O6S/c29-26(34-19-22-4-9-24(10-5-22)33-20-23-3-1-2-14-27-23)13-8-21-6-11-25(12-7-21)35(30,31)28-15-17-32-18-16-28/h1-7,9-12,14H,8,13,15-20H2. The molecule has 0 bridgehead atoms. The first-order valence-corrected chi connectivity index (χ1v) is 12.9. The number of hydrogen-bond donors (Lipinski definition) is 0. The number of benzene rings is 2. The lowest BCUT2D eigenvalue weighted by molar-refractivity contribution is -0.144. The van der Waals surface area contributed by atoms with Crippen LogP contribution in [0.5, 0.6) is 5.75 Å². The number of carbonyl (C=O) groups excluding carboxylic acids is 1. The molecule has 0 radical (unpaired) electrons. The minimum Gasteiger partial charge on any atom is -0.487 e. The summed E-state index contributed by atoms with van der Waals surface area (Å²) in [5.74, 6) is 0.398. The molecule has 4 rings (SSSR count). The third-order valence-corrected chi connectivity index (χ3v) is 7.50. The number of ether oxygens (including phenoxy) is 3. The van der Waals surface area contributed by atoms with Gasteiger partial charge in [0.2, 0.25) is 10.0 Å². The predicted octanol–water partition coefficient (Wildman–Crippen LogP) is 3.36. The molecule has 0 saturated carbocycles. The van der Waals surface area contributed by atoms with Crippen LogP contribution in [-0.4, -0.2) is 50.0 Å². The van der Waals surface area contributed by atoms with E-state index in [0.717, 1.165) is 16.8 Å². The maximum absolute atomic E-state index is 12.7. The summed E-state index contributed by atoms with van der Waals surface area (Å²) < 4.78 is 43.1. The maximum Gasteiger partial charge on any atom is 0.306 e. The van der Waals surface area contributed by atoms with Crippen LogP contribution in [0.2, 0.25) is 0 Å². The minimum atomic E-state index is -3.52. The zero-order valence-electron chi connectivity index (χ0n) is 19.3. The second kappa shape index (κ2) is 11.9. The number of nitrogens with zero attached hydrogens (tertiary/aromatic N) is 2. The van der Waals surface area contributed by atoms with Gasteiger partial charge in [0.15, 0.2) is 0 Å². The Kier molecular flexibility index (Phi) is 8.46. The summed E-state index contributed by atoms with van der Waals surface area (Å²) in [5, 5.41) is 0. The largest absolute Gasteiger partial charge is 0.487 e. The first-order valence-electron chi connectivity index (χ1n) is 11.4. The molecule has 184 valence electrons. The Morgan fingerprint density at radius 1 is 0.914 bits per heavy atom. The second-order valence-electron chi connectivity index (χ2n) is 8.07. The maximum atomic E-state index is 12.7. The van der Waals surface area contributed by atoms with Gasteiger partial charge in [-0.1, -0.05) is 30.3 Å². The summed E-state index contributed by atoms with van der Waals surface area (Å²) in [6, 6.07) is 19.7. The van der Waals surface area contributed by atoms with E-state index in [1.807, 2.05) is 42.5 Å². The van der Waals surface area contributed by atoms with E-state index in [2.05, 4.69) is 4.98 Å². The molecule has 35 heavy (non-hydrogen) atoms. The summed E-state index contributed by atoms with van der Waals surface area (Å²) in [6.45, 7) is 2.09. The molecule has 2 aromatic carbocycles. The monoisotopic (exact) mass is 496 g/mol. The highest BCUT2D eigenvalue weighted by molar-refractivity contribution is 7.89. The molecule has 1 aromatic heterocycles. The molecule has 1 aliphatic rings. The minimum absolute atomic E-state index is 0.177. The fourth-order valence-electron chi connectivity index (χ4n) is 3.57. The number of sulfonamides is 1. The Morgan fingerprint density at radius 2 is 1.63 bits per heavy atom. The van der Waals surface area contributed by atoms with Crippen LogP contribution >= 0.6 is 0 Å². The van der Waals surface area contributed by atoms with Crippen LogP contribution in [0.3, 0.4) is 0 Å². The van der Waals surface area contributed by atoms with Crippen LogP contribution in [-0.2, 0) is 43.9 Å².